The molecule has 0 fully saturated rings. The van der Waals surface area contributed by atoms with Gasteiger partial charge >= 0.3 is 5.97 Å². The maximum absolute atomic E-state index is 11.1. The standard InChI is InChI=1S/C12H17NO4/c1-13(2)9-6-4-8(5-7-9)10(14)11(15)12(16)17-3/h4-7,10-11,14-15H,1-3H3. The fourth-order valence-electron chi connectivity index (χ4n) is 1.40. The summed E-state index contributed by atoms with van der Waals surface area (Å²) >= 11 is 0. The third kappa shape index (κ3) is 3.18. The minimum Gasteiger partial charge on any atom is -0.467 e. The molecule has 1 rings (SSSR count). The molecule has 0 heterocycles. The number of hydrogen-bond donors (Lipinski definition) is 2. The van der Waals surface area contributed by atoms with Crippen molar-refractivity contribution < 1.29 is 19.7 Å². The Labute approximate surface area is 100 Å². The van der Waals surface area contributed by atoms with E-state index >= 15 is 0 Å². The van der Waals surface area contributed by atoms with Gasteiger partial charge in [-0.1, -0.05) is 12.1 Å². The molecule has 0 amide bonds. The Balaban J connectivity index is 2.82. The molecule has 0 aromatic heterocycles. The number of carbonyl (C=O) groups excluding carboxylic acids is 1. The lowest BCUT2D eigenvalue weighted by atomic mass is 10.0. The molecule has 94 valence electrons. The Kier molecular flexibility index (Phi) is 4.48. The first-order chi connectivity index (χ1) is 7.97. The van der Waals surface area contributed by atoms with Gasteiger partial charge in [-0.05, 0) is 17.7 Å². The zero-order chi connectivity index (χ0) is 13.0. The van der Waals surface area contributed by atoms with Crippen molar-refractivity contribution in [1.82, 2.24) is 0 Å². The van der Waals surface area contributed by atoms with Gasteiger partial charge in [-0.2, -0.15) is 0 Å². The van der Waals surface area contributed by atoms with Crippen LogP contribution in [0, 0.1) is 0 Å². The smallest absolute Gasteiger partial charge is 0.337 e. The van der Waals surface area contributed by atoms with Gasteiger partial charge in [0.2, 0.25) is 0 Å². The summed E-state index contributed by atoms with van der Waals surface area (Å²) in [5.74, 6) is -0.853. The van der Waals surface area contributed by atoms with Gasteiger partial charge in [-0.3, -0.25) is 0 Å². The van der Waals surface area contributed by atoms with E-state index in [1.165, 1.54) is 0 Å². The number of carbonyl (C=O) groups is 1. The van der Waals surface area contributed by atoms with E-state index in [-0.39, 0.29) is 0 Å². The number of aliphatic hydroxyl groups is 2. The van der Waals surface area contributed by atoms with Gasteiger partial charge in [0, 0.05) is 19.8 Å². The molecule has 0 saturated heterocycles. The number of esters is 1. The predicted molar refractivity (Wildman–Crippen MR) is 63.8 cm³/mol. The Bertz CT molecular complexity index is 375. The number of rotatable bonds is 4. The molecule has 0 saturated carbocycles. The lowest BCUT2D eigenvalue weighted by Crippen LogP contribution is -2.29. The van der Waals surface area contributed by atoms with Crippen LogP contribution in [0.1, 0.15) is 11.7 Å². The van der Waals surface area contributed by atoms with Crippen molar-refractivity contribution >= 4 is 11.7 Å². The zero-order valence-electron chi connectivity index (χ0n) is 10.1. The molecule has 0 spiro atoms. The van der Waals surface area contributed by atoms with Crippen molar-refractivity contribution in [3.63, 3.8) is 0 Å². The molecule has 1 aromatic rings. The average molecular weight is 239 g/mol. The van der Waals surface area contributed by atoms with E-state index in [0.29, 0.717) is 5.56 Å². The van der Waals surface area contributed by atoms with Crippen molar-refractivity contribution in [2.45, 2.75) is 12.2 Å². The van der Waals surface area contributed by atoms with Crippen LogP contribution in [0.15, 0.2) is 24.3 Å². The molecule has 0 aliphatic heterocycles. The van der Waals surface area contributed by atoms with Crippen LogP contribution in [-0.4, -0.2) is 43.5 Å². The van der Waals surface area contributed by atoms with Crippen LogP contribution in [0.2, 0.25) is 0 Å². The lowest BCUT2D eigenvalue weighted by molar-refractivity contribution is -0.156. The van der Waals surface area contributed by atoms with Crippen molar-refractivity contribution in [1.29, 1.82) is 0 Å². The summed E-state index contributed by atoms with van der Waals surface area (Å²) in [6.07, 6.45) is -2.84. The summed E-state index contributed by atoms with van der Waals surface area (Å²) in [6, 6.07) is 6.91. The van der Waals surface area contributed by atoms with Gasteiger partial charge in [0.15, 0.2) is 6.10 Å². The second kappa shape index (κ2) is 5.65. The summed E-state index contributed by atoms with van der Waals surface area (Å²) in [7, 11) is 4.96. The minimum atomic E-state index is -1.56. The molecule has 0 radical (unpaired) electrons. The lowest BCUT2D eigenvalue weighted by Gasteiger charge is -2.17. The molecule has 5 nitrogen and oxygen atoms in total. The number of methoxy groups -OCH3 is 1. The van der Waals surface area contributed by atoms with Gasteiger partial charge < -0.3 is 19.8 Å². The highest BCUT2D eigenvalue weighted by atomic mass is 16.5. The molecule has 2 N–H and O–H groups in total. The largest absolute Gasteiger partial charge is 0.467 e. The Morgan fingerprint density at radius 3 is 2.18 bits per heavy atom. The minimum absolute atomic E-state index is 0.466. The van der Waals surface area contributed by atoms with Crippen molar-refractivity contribution in [3.8, 4) is 0 Å². The molecular weight excluding hydrogens is 222 g/mol. The Hall–Kier alpha value is -1.59. The number of anilines is 1. The topological polar surface area (TPSA) is 70.0 Å². The molecule has 0 aliphatic rings. The maximum atomic E-state index is 11.1. The van der Waals surface area contributed by atoms with Crippen LogP contribution in [-0.2, 0) is 9.53 Å². The molecule has 2 atom stereocenters. The van der Waals surface area contributed by atoms with E-state index in [1.807, 2.05) is 19.0 Å². The number of hydrogen-bond acceptors (Lipinski definition) is 5. The van der Waals surface area contributed by atoms with E-state index in [9.17, 15) is 15.0 Å². The van der Waals surface area contributed by atoms with Crippen molar-refractivity contribution in [3.05, 3.63) is 29.8 Å². The monoisotopic (exact) mass is 239 g/mol. The molecule has 1 aromatic carbocycles. The summed E-state index contributed by atoms with van der Waals surface area (Å²) in [4.78, 5) is 13.0. The summed E-state index contributed by atoms with van der Waals surface area (Å²) < 4.78 is 4.36. The van der Waals surface area contributed by atoms with Gasteiger partial charge in [-0.15, -0.1) is 0 Å². The van der Waals surface area contributed by atoms with Gasteiger partial charge in [0.1, 0.15) is 6.10 Å². The number of nitrogens with zero attached hydrogens (tertiary/aromatic N) is 1. The van der Waals surface area contributed by atoms with Crippen LogP contribution in [0.4, 0.5) is 5.69 Å². The van der Waals surface area contributed by atoms with E-state index in [1.54, 1.807) is 24.3 Å². The summed E-state index contributed by atoms with van der Waals surface area (Å²) in [6.45, 7) is 0. The van der Waals surface area contributed by atoms with Crippen LogP contribution in [0.5, 0.6) is 0 Å². The third-order valence-electron chi connectivity index (χ3n) is 2.49. The average Bonchev–Trinajstić information content (AvgIpc) is 2.36. The van der Waals surface area contributed by atoms with Gasteiger partial charge in [0.25, 0.3) is 0 Å². The molecule has 5 heteroatoms. The van der Waals surface area contributed by atoms with E-state index in [4.69, 9.17) is 0 Å². The molecule has 17 heavy (non-hydrogen) atoms. The van der Waals surface area contributed by atoms with Gasteiger partial charge in [-0.25, -0.2) is 4.79 Å². The summed E-state index contributed by atoms with van der Waals surface area (Å²) in [5, 5.41) is 19.2. The molecular formula is C12H17NO4. The predicted octanol–water partition coefficient (Wildman–Crippen LogP) is 0.320. The van der Waals surface area contributed by atoms with Crippen LogP contribution < -0.4 is 4.90 Å². The maximum Gasteiger partial charge on any atom is 0.337 e. The first-order valence-corrected chi connectivity index (χ1v) is 5.18. The van der Waals surface area contributed by atoms with E-state index in [2.05, 4.69) is 4.74 Å². The van der Waals surface area contributed by atoms with E-state index < -0.39 is 18.2 Å². The van der Waals surface area contributed by atoms with E-state index in [0.717, 1.165) is 12.8 Å². The first-order valence-electron chi connectivity index (χ1n) is 5.18. The normalized spacial score (nSPS) is 13.9. The molecule has 0 bridgehead atoms. The molecule has 0 aliphatic carbocycles. The molecule has 2 unspecified atom stereocenters. The van der Waals surface area contributed by atoms with Crippen LogP contribution >= 0.6 is 0 Å². The SMILES string of the molecule is COC(=O)C(O)C(O)c1ccc(N(C)C)cc1. The quantitative estimate of drug-likeness (QED) is 0.740. The number of ether oxygens (including phenoxy) is 1. The summed E-state index contributed by atoms with van der Waals surface area (Å²) in [5.41, 5.74) is 1.43. The highest BCUT2D eigenvalue weighted by Gasteiger charge is 2.26. The third-order valence-corrected chi connectivity index (χ3v) is 2.49. The number of aliphatic hydroxyl groups excluding tert-OH is 2. The van der Waals surface area contributed by atoms with Crippen LogP contribution in [0.3, 0.4) is 0 Å². The second-order valence-corrected chi connectivity index (χ2v) is 3.90. The van der Waals surface area contributed by atoms with Crippen molar-refractivity contribution in [2.24, 2.45) is 0 Å². The van der Waals surface area contributed by atoms with Crippen molar-refractivity contribution in [2.75, 3.05) is 26.1 Å². The van der Waals surface area contributed by atoms with Crippen LogP contribution in [0.25, 0.3) is 0 Å². The fourth-order valence-corrected chi connectivity index (χ4v) is 1.40. The highest BCUT2D eigenvalue weighted by Crippen LogP contribution is 2.20. The van der Waals surface area contributed by atoms with Gasteiger partial charge in [0.05, 0.1) is 7.11 Å². The number of benzene rings is 1. The first kappa shape index (κ1) is 13.5. The fraction of sp³-hybridized carbons (Fsp3) is 0.417. The Morgan fingerprint density at radius 1 is 1.24 bits per heavy atom. The second-order valence-electron chi connectivity index (χ2n) is 3.90. The zero-order valence-corrected chi connectivity index (χ0v) is 10.1. The Morgan fingerprint density at radius 2 is 1.76 bits per heavy atom. The highest BCUT2D eigenvalue weighted by molar-refractivity contribution is 5.75.